The second-order valence-electron chi connectivity index (χ2n) is 6.95. The van der Waals surface area contributed by atoms with E-state index in [9.17, 15) is 35.7 Å². The first-order chi connectivity index (χ1) is 12.8. The van der Waals surface area contributed by atoms with Crippen molar-refractivity contribution in [2.45, 2.75) is 67.1 Å². The van der Waals surface area contributed by atoms with Gasteiger partial charge in [0.1, 0.15) is 48.8 Å². The monoisotopic (exact) mass is 395 g/mol. The van der Waals surface area contributed by atoms with E-state index in [-0.39, 0.29) is 18.7 Å². The quantitative estimate of drug-likeness (QED) is 0.242. The molecule has 2 saturated heterocycles. The average Bonchev–Trinajstić information content (AvgIpc) is 3.08. The highest BCUT2D eigenvalue weighted by atomic mass is 16.8. The van der Waals surface area contributed by atoms with E-state index in [0.29, 0.717) is 0 Å². The van der Waals surface area contributed by atoms with Crippen LogP contribution in [0.15, 0.2) is 5.16 Å². The van der Waals surface area contributed by atoms with Crippen LogP contribution in [0.4, 0.5) is 0 Å². The maximum Gasteiger partial charge on any atom is 0.271 e. The SMILES string of the molecule is COC[C@H]1O[C@H](C2=NO[C@@]3(C2)O[C@H](CO)[C@@H](O)[C@H](O)[C@@H]3O)[C@@H](O)[C@H](O)[C@H]1O. The standard InChI is InChI=1S/C15H25NO11/c1-24-4-7-9(19)10(20)11(21)13(25-7)5-2-15(27-16-5)14(23)12(22)8(18)6(3-17)26-15/h6-14,17-23H,2-4H2,1H3/t6-,7-,8-,9+,10-,11+,12+,13-,14+,15-/m1/s1. The average molecular weight is 395 g/mol. The molecule has 12 heteroatoms. The molecule has 3 heterocycles. The predicted octanol–water partition coefficient (Wildman–Crippen LogP) is -4.57. The van der Waals surface area contributed by atoms with Gasteiger partial charge in [0, 0.05) is 7.11 Å². The highest BCUT2D eigenvalue weighted by Crippen LogP contribution is 2.39. The van der Waals surface area contributed by atoms with Crippen LogP contribution >= 0.6 is 0 Å². The van der Waals surface area contributed by atoms with Crippen LogP contribution in [0.25, 0.3) is 0 Å². The molecule has 2 fully saturated rings. The van der Waals surface area contributed by atoms with Crippen LogP contribution in [0.5, 0.6) is 0 Å². The minimum Gasteiger partial charge on any atom is -0.394 e. The fraction of sp³-hybridized carbons (Fsp3) is 0.933. The fourth-order valence-corrected chi connectivity index (χ4v) is 3.56. The van der Waals surface area contributed by atoms with Crippen molar-refractivity contribution in [3.05, 3.63) is 0 Å². The predicted molar refractivity (Wildman–Crippen MR) is 84.4 cm³/mol. The summed E-state index contributed by atoms with van der Waals surface area (Å²) in [7, 11) is 1.38. The van der Waals surface area contributed by atoms with Crippen molar-refractivity contribution in [3.63, 3.8) is 0 Å². The maximum atomic E-state index is 10.3. The number of hydrogen-bond acceptors (Lipinski definition) is 12. The third-order valence-corrected chi connectivity index (χ3v) is 5.15. The lowest BCUT2D eigenvalue weighted by atomic mass is 9.86. The fourth-order valence-electron chi connectivity index (χ4n) is 3.56. The van der Waals surface area contributed by atoms with E-state index >= 15 is 0 Å². The van der Waals surface area contributed by atoms with Gasteiger partial charge >= 0.3 is 0 Å². The first-order valence-electron chi connectivity index (χ1n) is 8.52. The number of nitrogens with zero attached hydrogens (tertiary/aromatic N) is 1. The van der Waals surface area contributed by atoms with Crippen molar-refractivity contribution in [1.82, 2.24) is 0 Å². The Kier molecular flexibility index (Phi) is 6.03. The van der Waals surface area contributed by atoms with Crippen LogP contribution in [0, 0.1) is 0 Å². The van der Waals surface area contributed by atoms with Crippen molar-refractivity contribution in [1.29, 1.82) is 0 Å². The smallest absolute Gasteiger partial charge is 0.271 e. The summed E-state index contributed by atoms with van der Waals surface area (Å²) >= 11 is 0. The van der Waals surface area contributed by atoms with Crippen LogP contribution in [-0.2, 0) is 19.0 Å². The van der Waals surface area contributed by atoms with Crippen LogP contribution < -0.4 is 0 Å². The van der Waals surface area contributed by atoms with Gasteiger partial charge in [0.15, 0.2) is 6.10 Å². The molecule has 0 radical (unpaired) electrons. The lowest BCUT2D eigenvalue weighted by molar-refractivity contribution is -0.355. The van der Waals surface area contributed by atoms with E-state index in [1.165, 1.54) is 7.11 Å². The minimum absolute atomic E-state index is 0.0499. The van der Waals surface area contributed by atoms with E-state index < -0.39 is 67.3 Å². The first-order valence-corrected chi connectivity index (χ1v) is 8.52. The summed E-state index contributed by atoms with van der Waals surface area (Å²) in [5.41, 5.74) is 0.0499. The van der Waals surface area contributed by atoms with Gasteiger partial charge in [0.25, 0.3) is 5.79 Å². The van der Waals surface area contributed by atoms with Crippen LogP contribution in [-0.4, -0.2) is 123 Å². The van der Waals surface area contributed by atoms with E-state index in [2.05, 4.69) is 5.16 Å². The molecule has 10 atom stereocenters. The molecule has 1 spiro atoms. The second kappa shape index (κ2) is 7.83. The number of methoxy groups -OCH3 is 1. The highest BCUT2D eigenvalue weighted by Gasteiger charge is 2.60. The number of hydrogen-bond donors (Lipinski definition) is 7. The van der Waals surface area contributed by atoms with E-state index in [4.69, 9.17) is 19.0 Å². The van der Waals surface area contributed by atoms with Gasteiger partial charge in [-0.25, -0.2) is 0 Å². The van der Waals surface area contributed by atoms with Crippen LogP contribution in [0.3, 0.4) is 0 Å². The molecule has 3 rings (SSSR count). The molecule has 0 amide bonds. The van der Waals surface area contributed by atoms with Gasteiger partial charge in [-0.2, -0.15) is 0 Å². The van der Waals surface area contributed by atoms with Gasteiger partial charge in [-0.3, -0.25) is 0 Å². The van der Waals surface area contributed by atoms with Gasteiger partial charge in [-0.05, 0) is 0 Å². The Balaban J connectivity index is 1.78. The summed E-state index contributed by atoms with van der Waals surface area (Å²) in [4.78, 5) is 5.18. The summed E-state index contributed by atoms with van der Waals surface area (Å²) in [6.07, 6.45) is -13.1. The third kappa shape index (κ3) is 3.46. The van der Waals surface area contributed by atoms with Gasteiger partial charge in [-0.1, -0.05) is 5.16 Å². The Morgan fingerprint density at radius 1 is 1.00 bits per heavy atom. The van der Waals surface area contributed by atoms with Crippen molar-refractivity contribution < 1.29 is 54.8 Å². The molecule has 0 unspecified atom stereocenters. The zero-order valence-electron chi connectivity index (χ0n) is 14.5. The van der Waals surface area contributed by atoms with Gasteiger partial charge in [0.05, 0.1) is 25.3 Å². The molecule has 0 aromatic heterocycles. The molecule has 12 nitrogen and oxygen atoms in total. The maximum absolute atomic E-state index is 10.3. The zero-order chi connectivity index (χ0) is 19.9. The Bertz CT molecular complexity index is 560. The van der Waals surface area contributed by atoms with E-state index in [1.807, 2.05) is 0 Å². The molecule has 0 aliphatic carbocycles. The molecule has 0 saturated carbocycles. The summed E-state index contributed by atoms with van der Waals surface area (Å²) in [5, 5.41) is 73.5. The highest BCUT2D eigenvalue weighted by molar-refractivity contribution is 5.91. The number of aliphatic hydroxyl groups excluding tert-OH is 7. The molecule has 27 heavy (non-hydrogen) atoms. The summed E-state index contributed by atoms with van der Waals surface area (Å²) in [6.45, 7) is -0.702. The van der Waals surface area contributed by atoms with Crippen molar-refractivity contribution in [2.24, 2.45) is 5.16 Å². The van der Waals surface area contributed by atoms with E-state index in [0.717, 1.165) is 0 Å². The Hall–Kier alpha value is -0.930. The molecule has 0 aromatic rings. The lowest BCUT2D eigenvalue weighted by Gasteiger charge is -2.44. The molecular weight excluding hydrogens is 370 g/mol. The van der Waals surface area contributed by atoms with Gasteiger partial charge < -0.3 is 54.8 Å². The summed E-state index contributed by atoms with van der Waals surface area (Å²) < 4.78 is 15.9. The lowest BCUT2D eigenvalue weighted by Crippen LogP contribution is -2.66. The molecular formula is C15H25NO11. The van der Waals surface area contributed by atoms with E-state index in [1.54, 1.807) is 0 Å². The molecule has 0 aromatic carbocycles. The number of oxime groups is 1. The molecule has 3 aliphatic heterocycles. The topological polar surface area (TPSA) is 191 Å². The van der Waals surface area contributed by atoms with Crippen molar-refractivity contribution in [2.75, 3.05) is 20.3 Å². The van der Waals surface area contributed by atoms with Gasteiger partial charge in [0.2, 0.25) is 0 Å². The van der Waals surface area contributed by atoms with Crippen LogP contribution in [0.2, 0.25) is 0 Å². The minimum atomic E-state index is -1.90. The first kappa shape index (κ1) is 20.8. The Morgan fingerprint density at radius 2 is 1.67 bits per heavy atom. The van der Waals surface area contributed by atoms with Crippen LogP contribution in [0.1, 0.15) is 6.42 Å². The molecule has 0 bridgehead atoms. The molecule has 156 valence electrons. The van der Waals surface area contributed by atoms with Gasteiger partial charge in [-0.15, -0.1) is 0 Å². The Labute approximate surface area is 154 Å². The second-order valence-corrected chi connectivity index (χ2v) is 6.95. The number of ether oxygens (including phenoxy) is 3. The van der Waals surface area contributed by atoms with Crippen molar-refractivity contribution in [3.8, 4) is 0 Å². The number of rotatable bonds is 4. The Morgan fingerprint density at radius 3 is 2.30 bits per heavy atom. The zero-order valence-corrected chi connectivity index (χ0v) is 14.5. The van der Waals surface area contributed by atoms with Crippen molar-refractivity contribution >= 4 is 5.71 Å². The third-order valence-electron chi connectivity index (χ3n) is 5.15. The largest absolute Gasteiger partial charge is 0.394 e. The summed E-state index contributed by atoms with van der Waals surface area (Å²) in [5.74, 6) is -1.90. The molecule has 7 N–H and O–H groups in total. The number of aliphatic hydroxyl groups is 7. The normalized spacial score (nSPS) is 50.5. The summed E-state index contributed by atoms with van der Waals surface area (Å²) in [6, 6.07) is 0. The molecule has 3 aliphatic rings.